The molecule has 0 aliphatic rings. The van der Waals surface area contributed by atoms with Gasteiger partial charge in [0.25, 0.3) is 0 Å². The van der Waals surface area contributed by atoms with Gasteiger partial charge in [0.1, 0.15) is 0 Å². The summed E-state index contributed by atoms with van der Waals surface area (Å²) in [5.41, 5.74) is 3.64. The number of rotatable bonds is 1. The molecule has 1 aromatic heterocycles. The number of halogens is 1. The predicted molar refractivity (Wildman–Crippen MR) is 71.4 cm³/mol. The minimum atomic E-state index is 1.02. The Morgan fingerprint density at radius 3 is 2.44 bits per heavy atom. The van der Waals surface area contributed by atoms with Crippen LogP contribution in [-0.2, 0) is 0 Å². The molecule has 0 radical (unpaired) electrons. The van der Waals surface area contributed by atoms with Crippen LogP contribution in [0.15, 0.2) is 59.2 Å². The molecule has 0 unspecified atom stereocenters. The van der Waals surface area contributed by atoms with Crippen LogP contribution in [0.4, 0.5) is 0 Å². The highest BCUT2D eigenvalue weighted by Gasteiger charge is 2.01. The molecule has 1 N–H and O–H groups in total. The molecule has 78 valence electrons. The van der Waals surface area contributed by atoms with Gasteiger partial charge in [-0.05, 0) is 39.2 Å². The van der Waals surface area contributed by atoms with Crippen LogP contribution >= 0.6 is 15.9 Å². The molecule has 0 fully saturated rings. The standard InChI is InChI=1S/C14H10BrN/c15-14-9-12-7-6-11(8-13(12)16-14)10-4-2-1-3-5-10/h1-9,16H. The van der Waals surface area contributed by atoms with E-state index in [-0.39, 0.29) is 0 Å². The van der Waals surface area contributed by atoms with Crippen molar-refractivity contribution in [1.29, 1.82) is 0 Å². The van der Waals surface area contributed by atoms with Crippen molar-refractivity contribution < 1.29 is 0 Å². The minimum absolute atomic E-state index is 1.02. The molecule has 0 aliphatic heterocycles. The van der Waals surface area contributed by atoms with Gasteiger partial charge in [-0.15, -0.1) is 0 Å². The minimum Gasteiger partial charge on any atom is -0.349 e. The summed E-state index contributed by atoms with van der Waals surface area (Å²) in [6.07, 6.45) is 0. The molecule has 0 saturated carbocycles. The zero-order valence-corrected chi connectivity index (χ0v) is 10.2. The molecule has 3 rings (SSSR count). The second-order valence-electron chi connectivity index (χ2n) is 3.79. The second kappa shape index (κ2) is 3.80. The van der Waals surface area contributed by atoms with Gasteiger partial charge in [-0.1, -0.05) is 42.5 Å². The monoisotopic (exact) mass is 271 g/mol. The number of aromatic amines is 1. The number of aromatic nitrogens is 1. The van der Waals surface area contributed by atoms with Gasteiger partial charge in [0.05, 0.1) is 4.60 Å². The first-order valence-corrected chi connectivity index (χ1v) is 5.96. The first-order chi connectivity index (χ1) is 7.83. The predicted octanol–water partition coefficient (Wildman–Crippen LogP) is 4.60. The van der Waals surface area contributed by atoms with Crippen LogP contribution in [0.5, 0.6) is 0 Å². The average Bonchev–Trinajstić information content (AvgIpc) is 2.69. The topological polar surface area (TPSA) is 15.8 Å². The Labute approximate surface area is 102 Å². The van der Waals surface area contributed by atoms with Gasteiger partial charge in [-0.2, -0.15) is 0 Å². The molecule has 0 amide bonds. The number of benzene rings is 2. The number of hydrogen-bond donors (Lipinski definition) is 1. The van der Waals surface area contributed by atoms with Gasteiger partial charge in [-0.3, -0.25) is 0 Å². The van der Waals surface area contributed by atoms with Crippen molar-refractivity contribution in [2.24, 2.45) is 0 Å². The van der Waals surface area contributed by atoms with Crippen molar-refractivity contribution in [1.82, 2.24) is 4.98 Å². The van der Waals surface area contributed by atoms with E-state index in [0.29, 0.717) is 0 Å². The van der Waals surface area contributed by atoms with E-state index in [2.05, 4.69) is 69.4 Å². The quantitative estimate of drug-likeness (QED) is 0.666. The van der Waals surface area contributed by atoms with Gasteiger partial charge in [0.2, 0.25) is 0 Å². The maximum absolute atomic E-state index is 3.45. The molecule has 0 atom stereocenters. The fourth-order valence-corrected chi connectivity index (χ4v) is 2.36. The average molecular weight is 272 g/mol. The second-order valence-corrected chi connectivity index (χ2v) is 4.64. The lowest BCUT2D eigenvalue weighted by Gasteiger charge is -2.00. The fourth-order valence-electron chi connectivity index (χ4n) is 1.90. The lowest BCUT2D eigenvalue weighted by Crippen LogP contribution is -1.76. The van der Waals surface area contributed by atoms with E-state index in [1.165, 1.54) is 16.5 Å². The maximum Gasteiger partial charge on any atom is 0.0830 e. The Morgan fingerprint density at radius 1 is 0.812 bits per heavy atom. The highest BCUT2D eigenvalue weighted by Crippen LogP contribution is 2.25. The molecule has 0 aliphatic carbocycles. The molecule has 3 aromatic rings. The van der Waals surface area contributed by atoms with Crippen molar-refractivity contribution in [3.63, 3.8) is 0 Å². The summed E-state index contributed by atoms with van der Waals surface area (Å²) in [5, 5.41) is 1.23. The molecule has 2 aromatic carbocycles. The fraction of sp³-hybridized carbons (Fsp3) is 0. The number of hydrogen-bond acceptors (Lipinski definition) is 0. The van der Waals surface area contributed by atoms with Crippen molar-refractivity contribution in [3.05, 3.63) is 59.2 Å². The highest BCUT2D eigenvalue weighted by molar-refractivity contribution is 9.10. The van der Waals surface area contributed by atoms with Crippen molar-refractivity contribution in [2.75, 3.05) is 0 Å². The summed E-state index contributed by atoms with van der Waals surface area (Å²) in [6, 6.07) is 19.0. The normalized spacial score (nSPS) is 10.8. The molecule has 1 heterocycles. The van der Waals surface area contributed by atoms with Crippen molar-refractivity contribution in [3.8, 4) is 11.1 Å². The van der Waals surface area contributed by atoms with Crippen LogP contribution in [0.1, 0.15) is 0 Å². The van der Waals surface area contributed by atoms with Gasteiger partial charge in [0, 0.05) is 10.9 Å². The van der Waals surface area contributed by atoms with Crippen LogP contribution in [0.2, 0.25) is 0 Å². The highest BCUT2D eigenvalue weighted by atomic mass is 79.9. The van der Waals surface area contributed by atoms with Crippen LogP contribution < -0.4 is 0 Å². The van der Waals surface area contributed by atoms with E-state index >= 15 is 0 Å². The van der Waals surface area contributed by atoms with Crippen LogP contribution in [0, 0.1) is 0 Å². The van der Waals surface area contributed by atoms with Gasteiger partial charge < -0.3 is 4.98 Å². The molecule has 0 saturated heterocycles. The van der Waals surface area contributed by atoms with Crippen molar-refractivity contribution in [2.45, 2.75) is 0 Å². The van der Waals surface area contributed by atoms with Crippen LogP contribution in [-0.4, -0.2) is 4.98 Å². The van der Waals surface area contributed by atoms with Gasteiger partial charge >= 0.3 is 0 Å². The maximum atomic E-state index is 3.45. The zero-order valence-electron chi connectivity index (χ0n) is 8.57. The molecule has 0 bridgehead atoms. The van der Waals surface area contributed by atoms with Crippen LogP contribution in [0.25, 0.3) is 22.0 Å². The number of nitrogens with one attached hydrogen (secondary N) is 1. The third-order valence-electron chi connectivity index (χ3n) is 2.70. The summed E-state index contributed by atoms with van der Waals surface area (Å²) < 4.78 is 1.02. The molecular weight excluding hydrogens is 262 g/mol. The largest absolute Gasteiger partial charge is 0.349 e. The van der Waals surface area contributed by atoms with Crippen molar-refractivity contribution >= 4 is 26.8 Å². The molecular formula is C14H10BrN. The molecule has 0 spiro atoms. The lowest BCUT2D eigenvalue weighted by molar-refractivity contribution is 1.41. The van der Waals surface area contributed by atoms with E-state index in [1.54, 1.807) is 0 Å². The molecule has 16 heavy (non-hydrogen) atoms. The summed E-state index contributed by atoms with van der Waals surface area (Å²) in [4.78, 5) is 3.29. The Kier molecular flexibility index (Phi) is 2.29. The summed E-state index contributed by atoms with van der Waals surface area (Å²) in [6.45, 7) is 0. The first kappa shape index (κ1) is 9.67. The number of fused-ring (bicyclic) bond motifs is 1. The summed E-state index contributed by atoms with van der Waals surface area (Å²) in [7, 11) is 0. The third-order valence-corrected chi connectivity index (χ3v) is 3.12. The molecule has 2 heteroatoms. The van der Waals surface area contributed by atoms with E-state index in [4.69, 9.17) is 0 Å². The van der Waals surface area contributed by atoms with Crippen LogP contribution in [0.3, 0.4) is 0 Å². The summed E-state index contributed by atoms with van der Waals surface area (Å²) >= 11 is 3.45. The van der Waals surface area contributed by atoms with Gasteiger partial charge in [0.15, 0.2) is 0 Å². The third kappa shape index (κ3) is 1.65. The van der Waals surface area contributed by atoms with E-state index in [0.717, 1.165) is 10.1 Å². The van der Waals surface area contributed by atoms with Gasteiger partial charge in [-0.25, -0.2) is 0 Å². The Balaban J connectivity index is 2.18. The Bertz CT molecular complexity index is 626. The summed E-state index contributed by atoms with van der Waals surface area (Å²) in [5.74, 6) is 0. The van der Waals surface area contributed by atoms with E-state index in [9.17, 15) is 0 Å². The smallest absolute Gasteiger partial charge is 0.0830 e. The molecule has 1 nitrogen and oxygen atoms in total. The van der Waals surface area contributed by atoms with E-state index < -0.39 is 0 Å². The lowest BCUT2D eigenvalue weighted by atomic mass is 10.0. The zero-order chi connectivity index (χ0) is 11.0. The SMILES string of the molecule is Brc1cc2ccc(-c3ccccc3)cc2[nH]1. The first-order valence-electron chi connectivity index (χ1n) is 5.17. The number of H-pyrrole nitrogens is 1. The van der Waals surface area contributed by atoms with E-state index in [1.807, 2.05) is 6.07 Å². The Morgan fingerprint density at radius 2 is 1.62 bits per heavy atom. The Hall–Kier alpha value is -1.54.